The Morgan fingerprint density at radius 1 is 1.07 bits per heavy atom. The van der Waals surface area contributed by atoms with Gasteiger partial charge in [0.25, 0.3) is 0 Å². The molecule has 1 N–H and O–H groups in total. The Labute approximate surface area is 98.3 Å². The molecule has 0 aliphatic rings. The first-order valence-electron chi connectivity index (χ1n) is 4.79. The van der Waals surface area contributed by atoms with Crippen molar-refractivity contribution in [1.29, 1.82) is 0 Å². The molecule has 0 aliphatic carbocycles. The third-order valence-corrected chi connectivity index (χ3v) is 2.93. The van der Waals surface area contributed by atoms with Crippen molar-refractivity contribution in [3.8, 4) is 0 Å². The van der Waals surface area contributed by atoms with Crippen molar-refractivity contribution in [1.82, 2.24) is 0 Å². The number of benzene rings is 2. The van der Waals surface area contributed by atoms with Gasteiger partial charge in [-0.3, -0.25) is 0 Å². The molecule has 2 aromatic rings. The Morgan fingerprint density at radius 2 is 1.80 bits per heavy atom. The number of hydrogen-bond donors (Lipinski definition) is 1. The van der Waals surface area contributed by atoms with Gasteiger partial charge in [-0.15, -0.1) is 0 Å². The van der Waals surface area contributed by atoms with E-state index in [1.165, 1.54) is 5.56 Å². The molecule has 0 unspecified atom stereocenters. The molecule has 75 valence electrons. The second kappa shape index (κ2) is 4.99. The molecule has 1 radical (unpaired) electrons. The van der Waals surface area contributed by atoms with Crippen LogP contribution in [0, 0.1) is 6.07 Å². The Hall–Kier alpha value is -1.28. The summed E-state index contributed by atoms with van der Waals surface area (Å²) in [7, 11) is 0. The number of nitrogens with one attached hydrogen (secondary N) is 1. The highest BCUT2D eigenvalue weighted by Gasteiger charge is 1.97. The van der Waals surface area contributed by atoms with Crippen molar-refractivity contribution in [3.05, 3.63) is 64.6 Å². The quantitative estimate of drug-likeness (QED) is 0.884. The van der Waals surface area contributed by atoms with Crippen LogP contribution in [0.3, 0.4) is 0 Å². The van der Waals surface area contributed by atoms with Gasteiger partial charge in [0.2, 0.25) is 0 Å². The summed E-state index contributed by atoms with van der Waals surface area (Å²) < 4.78 is 1.14. The van der Waals surface area contributed by atoms with Gasteiger partial charge in [0.1, 0.15) is 0 Å². The highest BCUT2D eigenvalue weighted by Crippen LogP contribution is 2.17. The minimum Gasteiger partial charge on any atom is -0.381 e. The van der Waals surface area contributed by atoms with Crippen LogP contribution in [0.2, 0.25) is 0 Å². The van der Waals surface area contributed by atoms with E-state index in [1.54, 1.807) is 0 Å². The maximum absolute atomic E-state index is 3.52. The highest BCUT2D eigenvalue weighted by molar-refractivity contribution is 9.10. The van der Waals surface area contributed by atoms with E-state index < -0.39 is 0 Å². The molecule has 0 heterocycles. The zero-order valence-electron chi connectivity index (χ0n) is 8.20. The molecule has 2 heteroatoms. The Bertz CT molecular complexity index is 426. The van der Waals surface area contributed by atoms with E-state index in [0.29, 0.717) is 0 Å². The second-order valence-electron chi connectivity index (χ2n) is 3.23. The molecule has 0 spiro atoms. The summed E-state index contributed by atoms with van der Waals surface area (Å²) in [4.78, 5) is 0. The van der Waals surface area contributed by atoms with E-state index in [4.69, 9.17) is 0 Å². The average Bonchev–Trinajstić information content (AvgIpc) is 2.29. The third kappa shape index (κ3) is 2.83. The van der Waals surface area contributed by atoms with E-state index >= 15 is 0 Å². The van der Waals surface area contributed by atoms with Crippen molar-refractivity contribution in [2.75, 3.05) is 5.32 Å². The van der Waals surface area contributed by atoms with E-state index in [2.05, 4.69) is 39.4 Å². The Balaban J connectivity index is 2.03. The van der Waals surface area contributed by atoms with Crippen LogP contribution in [0.15, 0.2) is 53.0 Å². The lowest BCUT2D eigenvalue weighted by Crippen LogP contribution is -1.99. The van der Waals surface area contributed by atoms with Crippen molar-refractivity contribution < 1.29 is 0 Å². The normalized spacial score (nSPS) is 9.93. The van der Waals surface area contributed by atoms with Crippen LogP contribution < -0.4 is 5.32 Å². The zero-order valence-corrected chi connectivity index (χ0v) is 9.79. The first-order valence-corrected chi connectivity index (χ1v) is 5.59. The maximum atomic E-state index is 3.52. The highest BCUT2D eigenvalue weighted by atomic mass is 79.9. The fourth-order valence-electron chi connectivity index (χ4n) is 1.34. The lowest BCUT2D eigenvalue weighted by Gasteiger charge is -2.07. The molecule has 0 bridgehead atoms. The summed E-state index contributed by atoms with van der Waals surface area (Å²) in [5, 5.41) is 3.35. The standard InChI is InChI=1S/C13H11BrN/c14-13-9-5-4-6-11(13)10-15-12-7-2-1-3-8-12/h2-9,15H,10H2. The summed E-state index contributed by atoms with van der Waals surface area (Å²) in [5.41, 5.74) is 2.37. The Kier molecular flexibility index (Phi) is 3.41. The van der Waals surface area contributed by atoms with Gasteiger partial charge in [-0.05, 0) is 29.8 Å². The predicted molar refractivity (Wildman–Crippen MR) is 66.7 cm³/mol. The molecular weight excluding hydrogens is 250 g/mol. The van der Waals surface area contributed by atoms with Crippen LogP contribution in [-0.4, -0.2) is 0 Å². The molecule has 0 aliphatic heterocycles. The summed E-state index contributed by atoms with van der Waals surface area (Å²) in [6.07, 6.45) is 0. The first kappa shape index (κ1) is 10.2. The molecular formula is C13H11BrN. The smallest absolute Gasteiger partial charge is 0.0411 e. The van der Waals surface area contributed by atoms with Crippen LogP contribution >= 0.6 is 15.9 Å². The van der Waals surface area contributed by atoms with Gasteiger partial charge in [0.15, 0.2) is 0 Å². The molecule has 1 nitrogen and oxygen atoms in total. The summed E-state index contributed by atoms with van der Waals surface area (Å²) in [6, 6.07) is 19.0. The Morgan fingerprint density at radius 3 is 2.53 bits per heavy atom. The molecule has 2 rings (SSSR count). The van der Waals surface area contributed by atoms with E-state index in [9.17, 15) is 0 Å². The van der Waals surface area contributed by atoms with Gasteiger partial charge in [0.05, 0.1) is 0 Å². The molecule has 0 fully saturated rings. The van der Waals surface area contributed by atoms with Gasteiger partial charge in [-0.25, -0.2) is 0 Å². The number of rotatable bonds is 3. The lowest BCUT2D eigenvalue weighted by molar-refractivity contribution is 1.14. The van der Waals surface area contributed by atoms with E-state index in [1.807, 2.05) is 36.4 Å². The van der Waals surface area contributed by atoms with Crippen molar-refractivity contribution >= 4 is 21.6 Å². The van der Waals surface area contributed by atoms with Crippen LogP contribution in [0.4, 0.5) is 5.69 Å². The van der Waals surface area contributed by atoms with Crippen LogP contribution in [0.1, 0.15) is 5.56 Å². The van der Waals surface area contributed by atoms with E-state index in [0.717, 1.165) is 16.7 Å². The zero-order chi connectivity index (χ0) is 10.5. The molecule has 0 saturated carbocycles. The molecule has 0 atom stereocenters. The molecule has 0 amide bonds. The predicted octanol–water partition coefficient (Wildman–Crippen LogP) is 3.86. The fourth-order valence-corrected chi connectivity index (χ4v) is 1.77. The molecule has 15 heavy (non-hydrogen) atoms. The van der Waals surface area contributed by atoms with Crippen LogP contribution in [-0.2, 0) is 6.54 Å². The molecule has 0 aromatic heterocycles. The fraction of sp³-hybridized carbons (Fsp3) is 0.0769. The monoisotopic (exact) mass is 260 g/mol. The maximum Gasteiger partial charge on any atom is 0.0411 e. The topological polar surface area (TPSA) is 12.0 Å². The largest absolute Gasteiger partial charge is 0.381 e. The summed E-state index contributed by atoms with van der Waals surface area (Å²) in [5.74, 6) is 0. The van der Waals surface area contributed by atoms with Crippen LogP contribution in [0.25, 0.3) is 0 Å². The lowest BCUT2D eigenvalue weighted by atomic mass is 10.2. The third-order valence-electron chi connectivity index (χ3n) is 2.16. The van der Waals surface area contributed by atoms with Crippen molar-refractivity contribution in [2.24, 2.45) is 0 Å². The van der Waals surface area contributed by atoms with Gasteiger partial charge >= 0.3 is 0 Å². The van der Waals surface area contributed by atoms with E-state index in [-0.39, 0.29) is 0 Å². The van der Waals surface area contributed by atoms with Gasteiger partial charge in [-0.2, -0.15) is 0 Å². The molecule has 0 saturated heterocycles. The second-order valence-corrected chi connectivity index (χ2v) is 4.09. The average molecular weight is 261 g/mol. The number of hydrogen-bond acceptors (Lipinski definition) is 1. The summed E-state index contributed by atoms with van der Waals surface area (Å²) in [6.45, 7) is 0.825. The first-order chi connectivity index (χ1) is 7.36. The molecule has 2 aromatic carbocycles. The minimum absolute atomic E-state index is 0.825. The number of halogens is 1. The van der Waals surface area contributed by atoms with Gasteiger partial charge < -0.3 is 5.32 Å². The van der Waals surface area contributed by atoms with Crippen molar-refractivity contribution in [3.63, 3.8) is 0 Å². The van der Waals surface area contributed by atoms with Crippen molar-refractivity contribution in [2.45, 2.75) is 6.54 Å². The minimum atomic E-state index is 0.825. The van der Waals surface area contributed by atoms with Gasteiger partial charge in [0, 0.05) is 16.7 Å². The van der Waals surface area contributed by atoms with Gasteiger partial charge in [-0.1, -0.05) is 46.3 Å². The summed E-state index contributed by atoms with van der Waals surface area (Å²) >= 11 is 3.52. The SMILES string of the molecule is Brc1ccccc1CNc1cc[c]cc1. The number of anilines is 1. The van der Waals surface area contributed by atoms with Crippen LogP contribution in [0.5, 0.6) is 0 Å².